The van der Waals surface area contributed by atoms with Crippen LogP contribution >= 0.6 is 0 Å². The number of hydrogen-bond acceptors (Lipinski definition) is 1. The zero-order chi connectivity index (χ0) is 15.7. The lowest BCUT2D eigenvalue weighted by Gasteiger charge is -1.92. The van der Waals surface area contributed by atoms with Gasteiger partial charge in [0.2, 0.25) is 0 Å². The molecule has 0 aliphatic rings. The third-order valence-corrected chi connectivity index (χ3v) is 3.38. The number of aliphatic imine (C=N–C) groups is 1. The van der Waals surface area contributed by atoms with Gasteiger partial charge in [-0.05, 0) is 35.2 Å². The Hall–Kier alpha value is -3.13. The van der Waals surface area contributed by atoms with Crippen LogP contribution in [0.15, 0.2) is 102 Å². The molecule has 0 bridgehead atoms. The summed E-state index contributed by atoms with van der Waals surface area (Å²) in [6.07, 6.45) is 3.82. The highest BCUT2D eigenvalue weighted by molar-refractivity contribution is 5.81. The molecule has 1 N–H and O–H groups in total. The quantitative estimate of drug-likeness (QED) is 0.466. The number of nitrogens with zero attached hydrogens (tertiary/aromatic N) is 1. The van der Waals surface area contributed by atoms with Crippen LogP contribution in [0.25, 0.3) is 10.9 Å². The molecule has 0 aliphatic carbocycles. The average Bonchev–Trinajstić information content (AvgIpc) is 3.11. The van der Waals surface area contributed by atoms with E-state index < -0.39 is 0 Å². The van der Waals surface area contributed by atoms with Gasteiger partial charge in [0, 0.05) is 17.9 Å². The van der Waals surface area contributed by atoms with Crippen molar-refractivity contribution in [2.24, 2.45) is 4.99 Å². The standard InChI is InChI=1S/C13H11N.C8H7N/c1-3-7-12(8-4-1)11-14-13-9-5-2-6-10-13;1-2-4-8-7(3-1)5-6-9-8/h1-11H;1-6,9H. The second-order valence-corrected chi connectivity index (χ2v) is 5.07. The van der Waals surface area contributed by atoms with Gasteiger partial charge in [-0.1, -0.05) is 66.7 Å². The number of aromatic amines is 1. The first-order chi connectivity index (χ1) is 11.4. The van der Waals surface area contributed by atoms with E-state index in [1.54, 1.807) is 0 Å². The van der Waals surface area contributed by atoms with E-state index in [2.05, 4.69) is 28.2 Å². The van der Waals surface area contributed by atoms with Crippen molar-refractivity contribution in [2.75, 3.05) is 0 Å². The van der Waals surface area contributed by atoms with Crippen LogP contribution in [-0.2, 0) is 0 Å². The minimum absolute atomic E-state index is 0.983. The molecule has 4 rings (SSSR count). The predicted molar refractivity (Wildman–Crippen MR) is 98.4 cm³/mol. The Bertz CT molecular complexity index is 790. The summed E-state index contributed by atoms with van der Waals surface area (Å²) in [4.78, 5) is 7.47. The minimum atomic E-state index is 0.983. The van der Waals surface area contributed by atoms with Gasteiger partial charge in [0.1, 0.15) is 0 Å². The van der Waals surface area contributed by atoms with E-state index in [-0.39, 0.29) is 0 Å². The molecule has 1 aromatic heterocycles. The molecule has 0 radical (unpaired) electrons. The summed E-state index contributed by atoms with van der Waals surface area (Å²) >= 11 is 0. The molecule has 1 heterocycles. The topological polar surface area (TPSA) is 28.1 Å². The van der Waals surface area contributed by atoms with Crippen molar-refractivity contribution in [3.63, 3.8) is 0 Å². The molecule has 0 amide bonds. The van der Waals surface area contributed by atoms with E-state index in [9.17, 15) is 0 Å². The minimum Gasteiger partial charge on any atom is -0.361 e. The van der Waals surface area contributed by atoms with Crippen molar-refractivity contribution in [3.8, 4) is 0 Å². The number of benzene rings is 3. The zero-order valence-corrected chi connectivity index (χ0v) is 12.8. The van der Waals surface area contributed by atoms with Crippen molar-refractivity contribution in [1.82, 2.24) is 4.98 Å². The van der Waals surface area contributed by atoms with Gasteiger partial charge in [-0.2, -0.15) is 0 Å². The van der Waals surface area contributed by atoms with Crippen LogP contribution in [0, 0.1) is 0 Å². The molecule has 0 fully saturated rings. The molecular formula is C21H18N2. The Morgan fingerprint density at radius 2 is 1.30 bits per heavy atom. The monoisotopic (exact) mass is 298 g/mol. The molecule has 3 aromatic carbocycles. The molecule has 4 aromatic rings. The molecule has 0 atom stereocenters. The van der Waals surface area contributed by atoms with Gasteiger partial charge in [0.05, 0.1) is 5.69 Å². The lowest BCUT2D eigenvalue weighted by atomic mass is 10.2. The van der Waals surface area contributed by atoms with Gasteiger partial charge >= 0.3 is 0 Å². The van der Waals surface area contributed by atoms with Crippen LogP contribution in [0.1, 0.15) is 5.56 Å². The van der Waals surface area contributed by atoms with Crippen LogP contribution in [0.3, 0.4) is 0 Å². The van der Waals surface area contributed by atoms with Crippen LogP contribution < -0.4 is 0 Å². The molecule has 0 aliphatic heterocycles. The van der Waals surface area contributed by atoms with Crippen LogP contribution in [0.5, 0.6) is 0 Å². The number of rotatable bonds is 2. The first-order valence-corrected chi connectivity index (χ1v) is 7.58. The summed E-state index contributed by atoms with van der Waals surface area (Å²) in [7, 11) is 0. The number of nitrogens with one attached hydrogen (secondary N) is 1. The van der Waals surface area contributed by atoms with Crippen LogP contribution in [0.2, 0.25) is 0 Å². The third kappa shape index (κ3) is 4.42. The van der Waals surface area contributed by atoms with Gasteiger partial charge in [-0.25, -0.2) is 0 Å². The summed E-state index contributed by atoms with van der Waals surface area (Å²) in [6.45, 7) is 0. The summed E-state index contributed by atoms with van der Waals surface area (Å²) in [6, 6.07) is 30.3. The van der Waals surface area contributed by atoms with Crippen molar-refractivity contribution >= 4 is 22.8 Å². The van der Waals surface area contributed by atoms with E-state index in [4.69, 9.17) is 0 Å². The maximum Gasteiger partial charge on any atom is 0.0629 e. The van der Waals surface area contributed by atoms with Crippen molar-refractivity contribution < 1.29 is 0 Å². The van der Waals surface area contributed by atoms with Gasteiger partial charge in [0.15, 0.2) is 0 Å². The Morgan fingerprint density at radius 1 is 0.652 bits per heavy atom. The second kappa shape index (κ2) is 7.76. The van der Waals surface area contributed by atoms with Gasteiger partial charge in [-0.15, -0.1) is 0 Å². The Morgan fingerprint density at radius 3 is 2.04 bits per heavy atom. The fraction of sp³-hybridized carbons (Fsp3) is 0. The van der Waals surface area contributed by atoms with E-state index >= 15 is 0 Å². The molecular weight excluding hydrogens is 280 g/mol. The first-order valence-electron chi connectivity index (χ1n) is 7.58. The van der Waals surface area contributed by atoms with E-state index in [0.29, 0.717) is 0 Å². The van der Waals surface area contributed by atoms with Crippen molar-refractivity contribution in [3.05, 3.63) is 103 Å². The van der Waals surface area contributed by atoms with E-state index in [1.807, 2.05) is 85.2 Å². The number of H-pyrrole nitrogens is 1. The predicted octanol–water partition coefficient (Wildman–Crippen LogP) is 5.61. The number of aromatic nitrogens is 1. The third-order valence-electron chi connectivity index (χ3n) is 3.38. The van der Waals surface area contributed by atoms with Gasteiger partial charge in [0.25, 0.3) is 0 Å². The molecule has 0 unspecified atom stereocenters. The maximum absolute atomic E-state index is 4.35. The summed E-state index contributed by atoms with van der Waals surface area (Å²) < 4.78 is 0. The van der Waals surface area contributed by atoms with Crippen molar-refractivity contribution in [2.45, 2.75) is 0 Å². The Balaban J connectivity index is 0.000000149. The molecule has 2 heteroatoms. The second-order valence-electron chi connectivity index (χ2n) is 5.07. The largest absolute Gasteiger partial charge is 0.361 e. The van der Waals surface area contributed by atoms with Crippen LogP contribution in [0.4, 0.5) is 5.69 Å². The van der Waals surface area contributed by atoms with Gasteiger partial charge in [-0.3, -0.25) is 4.99 Å². The Labute approximate surface area is 136 Å². The maximum atomic E-state index is 4.35. The molecule has 2 nitrogen and oxygen atoms in total. The number of fused-ring (bicyclic) bond motifs is 1. The van der Waals surface area contributed by atoms with Crippen molar-refractivity contribution in [1.29, 1.82) is 0 Å². The Kier molecular flexibility index (Phi) is 4.99. The molecule has 112 valence electrons. The van der Waals surface area contributed by atoms with E-state index in [0.717, 1.165) is 11.3 Å². The highest BCUT2D eigenvalue weighted by atomic mass is 14.7. The summed E-state index contributed by atoms with van der Waals surface area (Å²) in [5, 5.41) is 1.28. The van der Waals surface area contributed by atoms with Gasteiger partial charge < -0.3 is 4.98 Å². The SMILES string of the molecule is C(=Nc1ccccc1)c1ccccc1.c1ccc2[nH]ccc2c1. The highest BCUT2D eigenvalue weighted by Crippen LogP contribution is 2.10. The number of hydrogen-bond donors (Lipinski definition) is 1. The number of para-hydroxylation sites is 2. The molecule has 0 spiro atoms. The first kappa shape index (κ1) is 14.8. The summed E-state index contributed by atoms with van der Waals surface area (Å²) in [5.74, 6) is 0. The lowest BCUT2D eigenvalue weighted by Crippen LogP contribution is -1.77. The normalized spacial score (nSPS) is 10.4. The molecule has 0 saturated heterocycles. The fourth-order valence-corrected chi connectivity index (χ4v) is 2.20. The van der Waals surface area contributed by atoms with Crippen LogP contribution in [-0.4, -0.2) is 11.2 Å². The summed E-state index contributed by atoms with van der Waals surface area (Å²) in [5.41, 5.74) is 3.31. The lowest BCUT2D eigenvalue weighted by molar-refractivity contribution is 1.48. The smallest absolute Gasteiger partial charge is 0.0629 e. The zero-order valence-electron chi connectivity index (χ0n) is 12.8. The molecule has 23 heavy (non-hydrogen) atoms. The average molecular weight is 298 g/mol. The van der Waals surface area contributed by atoms with E-state index in [1.165, 1.54) is 10.9 Å². The molecule has 0 saturated carbocycles. The fourth-order valence-electron chi connectivity index (χ4n) is 2.20. The highest BCUT2D eigenvalue weighted by Gasteiger charge is 1.87.